The van der Waals surface area contributed by atoms with Crippen LogP contribution in [0.2, 0.25) is 5.02 Å². The van der Waals surface area contributed by atoms with E-state index in [1.54, 1.807) is 36.5 Å². The van der Waals surface area contributed by atoms with Crippen molar-refractivity contribution in [2.45, 2.75) is 32.3 Å². The second kappa shape index (κ2) is 10.5. The Bertz CT molecular complexity index is 1470. The number of carbonyl (C=O) groups excluding carboxylic acids is 2. The molecule has 0 spiro atoms. The predicted octanol–water partition coefficient (Wildman–Crippen LogP) is 8.50. The van der Waals surface area contributed by atoms with Gasteiger partial charge < -0.3 is 4.74 Å². The van der Waals surface area contributed by atoms with Gasteiger partial charge in [-0.1, -0.05) is 23.7 Å². The first-order valence-corrected chi connectivity index (χ1v) is 13.5. The number of benzene rings is 2. The highest BCUT2D eigenvalue weighted by Crippen LogP contribution is 2.41. The van der Waals surface area contributed by atoms with Crippen LogP contribution in [0.25, 0.3) is 27.0 Å². The van der Waals surface area contributed by atoms with Crippen molar-refractivity contribution in [1.82, 2.24) is 0 Å². The van der Waals surface area contributed by atoms with E-state index in [0.29, 0.717) is 30.0 Å². The average molecular weight is 537 g/mol. The molecule has 1 aliphatic rings. The maximum absolute atomic E-state index is 13.1. The number of hydrogen-bond donors (Lipinski definition) is 0. The summed E-state index contributed by atoms with van der Waals surface area (Å²) in [5.74, 6) is 0.508. The first-order valence-electron chi connectivity index (χ1n) is 11.5. The zero-order valence-electron chi connectivity index (χ0n) is 19.4. The molecule has 5 rings (SSSR count). The van der Waals surface area contributed by atoms with E-state index in [-0.39, 0.29) is 23.5 Å². The summed E-state index contributed by atoms with van der Waals surface area (Å²) >= 11 is 9.52. The molecule has 0 radical (unpaired) electrons. The Balaban J connectivity index is 1.17. The molecule has 3 heterocycles. The second-order valence-electron chi connectivity index (χ2n) is 8.66. The summed E-state index contributed by atoms with van der Waals surface area (Å²) in [5.41, 5.74) is 2.94. The van der Waals surface area contributed by atoms with Gasteiger partial charge in [0.15, 0.2) is 11.6 Å². The van der Waals surface area contributed by atoms with Gasteiger partial charge in [0.2, 0.25) is 0 Å². The molecule has 0 amide bonds. The molecule has 0 bridgehead atoms. The molecule has 2 aromatic carbocycles. The lowest BCUT2D eigenvalue weighted by atomic mass is 10.0. The normalized spacial score (nSPS) is 14.7. The Morgan fingerprint density at radius 1 is 1.03 bits per heavy atom. The summed E-state index contributed by atoms with van der Waals surface area (Å²) in [6.45, 7) is 1.56. The van der Waals surface area contributed by atoms with Crippen LogP contribution in [-0.2, 0) is 11.2 Å². The summed E-state index contributed by atoms with van der Waals surface area (Å²) in [6.07, 6.45) is 5.00. The lowest BCUT2D eigenvalue weighted by Gasteiger charge is -2.10. The lowest BCUT2D eigenvalue weighted by molar-refractivity contribution is -0.115. The maximum atomic E-state index is 13.1. The zero-order valence-corrected chi connectivity index (χ0v) is 21.8. The predicted molar refractivity (Wildman–Crippen MR) is 146 cm³/mol. The van der Waals surface area contributed by atoms with Crippen molar-refractivity contribution >= 4 is 51.9 Å². The molecule has 1 unspecified atom stereocenters. The third kappa shape index (κ3) is 5.51. The van der Waals surface area contributed by atoms with E-state index in [1.165, 1.54) is 23.5 Å². The SMILES string of the molecule is CC(=O)c1ccc(-c2cc(Cl)c3c(c2)CC(CCC(=O)/C=C/c2ccc(-c4ccc(F)cc4)s2)O3)s1. The van der Waals surface area contributed by atoms with Crippen molar-refractivity contribution in [1.29, 1.82) is 0 Å². The molecule has 0 saturated carbocycles. The van der Waals surface area contributed by atoms with Gasteiger partial charge in [0.1, 0.15) is 17.7 Å². The van der Waals surface area contributed by atoms with E-state index < -0.39 is 0 Å². The van der Waals surface area contributed by atoms with Crippen LogP contribution >= 0.6 is 34.3 Å². The fourth-order valence-electron chi connectivity index (χ4n) is 4.15. The van der Waals surface area contributed by atoms with Gasteiger partial charge in [-0.05, 0) is 85.2 Å². The monoisotopic (exact) mass is 536 g/mol. The van der Waals surface area contributed by atoms with Gasteiger partial charge >= 0.3 is 0 Å². The summed E-state index contributed by atoms with van der Waals surface area (Å²) < 4.78 is 19.2. The Morgan fingerprint density at radius 3 is 2.53 bits per heavy atom. The first kappa shape index (κ1) is 24.6. The van der Waals surface area contributed by atoms with Gasteiger partial charge in [-0.2, -0.15) is 0 Å². The van der Waals surface area contributed by atoms with Crippen molar-refractivity contribution in [3.05, 3.63) is 92.9 Å². The molecule has 3 nitrogen and oxygen atoms in total. The molecule has 4 aromatic rings. The molecule has 0 N–H and O–H groups in total. The topological polar surface area (TPSA) is 43.4 Å². The Hall–Kier alpha value is -3.06. The number of rotatable bonds is 8. The van der Waals surface area contributed by atoms with E-state index in [0.717, 1.165) is 36.2 Å². The Morgan fingerprint density at radius 2 is 1.78 bits per heavy atom. The molecular weight excluding hydrogens is 515 g/mol. The third-order valence-corrected chi connectivity index (χ3v) is 8.61. The molecule has 1 aliphatic heterocycles. The minimum Gasteiger partial charge on any atom is -0.488 e. The number of fused-ring (bicyclic) bond motifs is 1. The molecule has 7 heteroatoms. The minimum absolute atomic E-state index is 0.0356. The van der Waals surface area contributed by atoms with E-state index in [1.807, 2.05) is 36.4 Å². The fraction of sp³-hybridized carbons (Fsp3) is 0.172. The first-order chi connectivity index (χ1) is 17.4. The van der Waals surface area contributed by atoms with Crippen LogP contribution in [0.1, 0.15) is 39.9 Å². The molecule has 182 valence electrons. The highest BCUT2D eigenvalue weighted by atomic mass is 35.5. The van der Waals surface area contributed by atoms with Gasteiger partial charge in [-0.25, -0.2) is 4.39 Å². The quantitative estimate of drug-likeness (QED) is 0.167. The number of ether oxygens (including phenoxy) is 1. The van der Waals surface area contributed by atoms with Crippen LogP contribution in [0.15, 0.2) is 66.7 Å². The lowest BCUT2D eigenvalue weighted by Crippen LogP contribution is -2.14. The van der Waals surface area contributed by atoms with Gasteiger partial charge in [0.05, 0.1) is 9.90 Å². The molecular formula is C29H22ClFO3S2. The van der Waals surface area contributed by atoms with Crippen molar-refractivity contribution in [3.63, 3.8) is 0 Å². The summed E-state index contributed by atoms with van der Waals surface area (Å²) in [7, 11) is 0. The number of ketones is 2. The summed E-state index contributed by atoms with van der Waals surface area (Å²) in [5, 5.41) is 0.545. The largest absolute Gasteiger partial charge is 0.488 e. The molecule has 1 atom stereocenters. The summed E-state index contributed by atoms with van der Waals surface area (Å²) in [6, 6.07) is 18.0. The van der Waals surface area contributed by atoms with Crippen LogP contribution in [0.5, 0.6) is 5.75 Å². The third-order valence-electron chi connectivity index (χ3n) is 5.99. The van der Waals surface area contributed by atoms with Gasteiger partial charge in [-0.15, -0.1) is 22.7 Å². The second-order valence-corrected chi connectivity index (χ2v) is 11.3. The zero-order chi connectivity index (χ0) is 25.2. The van der Waals surface area contributed by atoms with E-state index in [2.05, 4.69) is 6.07 Å². The number of halogens is 2. The average Bonchev–Trinajstić information content (AvgIpc) is 3.61. The molecule has 0 aliphatic carbocycles. The van der Waals surface area contributed by atoms with Gasteiger partial charge in [0, 0.05) is 33.0 Å². The van der Waals surface area contributed by atoms with Crippen molar-refractivity contribution < 1.29 is 18.7 Å². The Labute approximate surface area is 221 Å². The van der Waals surface area contributed by atoms with Crippen LogP contribution in [0.4, 0.5) is 4.39 Å². The van der Waals surface area contributed by atoms with Crippen LogP contribution in [-0.4, -0.2) is 17.7 Å². The van der Waals surface area contributed by atoms with E-state index in [9.17, 15) is 14.0 Å². The fourth-order valence-corrected chi connectivity index (χ4v) is 6.23. The van der Waals surface area contributed by atoms with Crippen LogP contribution in [0, 0.1) is 5.82 Å². The van der Waals surface area contributed by atoms with Crippen LogP contribution in [0.3, 0.4) is 0 Å². The number of hydrogen-bond acceptors (Lipinski definition) is 5. The number of carbonyl (C=O) groups is 2. The number of thiophene rings is 2. The van der Waals surface area contributed by atoms with E-state index >= 15 is 0 Å². The standard InChI is InChI=1S/C29H22ClFO3S2/c1-17(32)26-12-13-28(36-26)19-14-20-15-23(34-29(20)25(30)16-19)8-6-22(33)7-9-24-10-11-27(35-24)18-2-4-21(31)5-3-18/h2-5,7,9-14,16,23H,6,8,15H2,1H3/b9-7+. The van der Waals surface area contributed by atoms with Crippen molar-refractivity contribution in [2.75, 3.05) is 0 Å². The number of allylic oxidation sites excluding steroid dienone is 1. The van der Waals surface area contributed by atoms with Crippen LogP contribution < -0.4 is 4.74 Å². The van der Waals surface area contributed by atoms with Crippen molar-refractivity contribution in [2.24, 2.45) is 0 Å². The minimum atomic E-state index is -0.260. The van der Waals surface area contributed by atoms with Gasteiger partial charge in [0.25, 0.3) is 0 Å². The molecule has 0 saturated heterocycles. The summed E-state index contributed by atoms with van der Waals surface area (Å²) in [4.78, 5) is 27.8. The Kier molecular flexibility index (Phi) is 7.19. The van der Waals surface area contributed by atoms with Crippen molar-refractivity contribution in [3.8, 4) is 26.6 Å². The molecule has 36 heavy (non-hydrogen) atoms. The molecule has 2 aromatic heterocycles. The smallest absolute Gasteiger partial charge is 0.169 e. The number of Topliss-reactive ketones (excluding diaryl/α,β-unsaturated/α-hetero) is 1. The van der Waals surface area contributed by atoms with Gasteiger partial charge in [-0.3, -0.25) is 9.59 Å². The maximum Gasteiger partial charge on any atom is 0.169 e. The van der Waals surface area contributed by atoms with E-state index in [4.69, 9.17) is 16.3 Å². The molecule has 0 fully saturated rings. The highest BCUT2D eigenvalue weighted by molar-refractivity contribution is 7.17. The highest BCUT2D eigenvalue weighted by Gasteiger charge is 2.26.